The van der Waals surface area contributed by atoms with E-state index in [0.717, 1.165) is 18.4 Å². The second kappa shape index (κ2) is 4.17. The second-order valence-corrected chi connectivity index (χ2v) is 4.86. The van der Waals surface area contributed by atoms with E-state index in [1.165, 1.54) is 26.1 Å². The van der Waals surface area contributed by atoms with E-state index in [4.69, 9.17) is 0 Å². The highest BCUT2D eigenvalue weighted by Crippen LogP contribution is 2.33. The number of rotatable bonds is 3. The summed E-state index contributed by atoms with van der Waals surface area (Å²) >= 11 is 0. The Kier molecular flexibility index (Phi) is 3.10. The minimum absolute atomic E-state index is 0.184. The van der Waals surface area contributed by atoms with Gasteiger partial charge in [-0.1, -0.05) is 6.92 Å². The maximum atomic E-state index is 9.43. The van der Waals surface area contributed by atoms with E-state index < -0.39 is 0 Å². The average Bonchev–Trinajstić information content (AvgIpc) is 2.62. The van der Waals surface area contributed by atoms with Crippen molar-refractivity contribution in [1.29, 1.82) is 0 Å². The van der Waals surface area contributed by atoms with Crippen LogP contribution in [0.15, 0.2) is 0 Å². The van der Waals surface area contributed by atoms with E-state index >= 15 is 0 Å². The number of fused-ring (bicyclic) bond motifs is 1. The van der Waals surface area contributed by atoms with E-state index in [-0.39, 0.29) is 6.10 Å². The lowest BCUT2D eigenvalue weighted by molar-refractivity contribution is 0.109. The summed E-state index contributed by atoms with van der Waals surface area (Å²) in [7, 11) is 0. The van der Waals surface area contributed by atoms with E-state index in [9.17, 15) is 5.11 Å². The number of likely N-dealkylation sites (tertiary alicyclic amines) is 1. The van der Waals surface area contributed by atoms with Crippen LogP contribution in [-0.2, 0) is 0 Å². The molecule has 2 N–H and O–H groups in total. The van der Waals surface area contributed by atoms with Crippen LogP contribution in [0.5, 0.6) is 0 Å². The van der Waals surface area contributed by atoms with Gasteiger partial charge in [0, 0.05) is 19.1 Å². The van der Waals surface area contributed by atoms with E-state index in [1.807, 2.05) is 6.92 Å². The summed E-state index contributed by atoms with van der Waals surface area (Å²) in [4.78, 5) is 2.49. The van der Waals surface area contributed by atoms with E-state index in [0.29, 0.717) is 6.04 Å². The molecule has 0 aromatic rings. The van der Waals surface area contributed by atoms with Gasteiger partial charge >= 0.3 is 0 Å². The highest BCUT2D eigenvalue weighted by Gasteiger charge is 2.42. The molecule has 2 heterocycles. The van der Waals surface area contributed by atoms with Gasteiger partial charge in [-0.05, 0) is 38.3 Å². The molecule has 0 aliphatic carbocycles. The molecule has 4 unspecified atom stereocenters. The third kappa shape index (κ3) is 1.81. The first kappa shape index (κ1) is 10.4. The maximum Gasteiger partial charge on any atom is 0.0639 e. The summed E-state index contributed by atoms with van der Waals surface area (Å²) in [6.07, 6.45) is 1.03. The van der Waals surface area contributed by atoms with Crippen molar-refractivity contribution < 1.29 is 5.11 Å². The molecule has 0 bridgehead atoms. The van der Waals surface area contributed by atoms with Crippen molar-refractivity contribution in [2.24, 2.45) is 11.8 Å². The van der Waals surface area contributed by atoms with Gasteiger partial charge in [0.05, 0.1) is 6.10 Å². The van der Waals surface area contributed by atoms with Crippen LogP contribution in [0.4, 0.5) is 0 Å². The van der Waals surface area contributed by atoms with Gasteiger partial charge < -0.3 is 10.4 Å². The van der Waals surface area contributed by atoms with Crippen LogP contribution in [0, 0.1) is 11.8 Å². The largest absolute Gasteiger partial charge is 0.392 e. The summed E-state index contributed by atoms with van der Waals surface area (Å²) in [5, 5.41) is 12.9. The molecule has 2 saturated heterocycles. The number of β-amino-alcohol motifs (C(OH)–C–C–N with tert-alkyl or cyclic N) is 1. The smallest absolute Gasteiger partial charge is 0.0639 e. The Morgan fingerprint density at radius 1 is 1.50 bits per heavy atom. The Hall–Kier alpha value is -0.120. The molecule has 0 spiro atoms. The molecule has 2 fully saturated rings. The molecule has 14 heavy (non-hydrogen) atoms. The molecule has 3 heteroatoms. The van der Waals surface area contributed by atoms with Gasteiger partial charge in [-0.2, -0.15) is 0 Å². The lowest BCUT2D eigenvalue weighted by Gasteiger charge is -2.27. The monoisotopic (exact) mass is 198 g/mol. The number of hydrogen-bond donors (Lipinski definition) is 2. The highest BCUT2D eigenvalue weighted by atomic mass is 16.3. The van der Waals surface area contributed by atoms with Gasteiger partial charge in [-0.3, -0.25) is 4.90 Å². The van der Waals surface area contributed by atoms with Crippen LogP contribution in [0.25, 0.3) is 0 Å². The minimum Gasteiger partial charge on any atom is -0.392 e. The summed E-state index contributed by atoms with van der Waals surface area (Å²) in [6.45, 7) is 8.54. The Labute approximate surface area is 86.5 Å². The second-order valence-electron chi connectivity index (χ2n) is 4.86. The number of nitrogens with one attached hydrogen (secondary N) is 1. The van der Waals surface area contributed by atoms with Crippen molar-refractivity contribution in [3.05, 3.63) is 0 Å². The summed E-state index contributed by atoms with van der Waals surface area (Å²) in [5.41, 5.74) is 0. The average molecular weight is 198 g/mol. The molecule has 0 radical (unpaired) electrons. The van der Waals surface area contributed by atoms with Crippen molar-refractivity contribution in [1.82, 2.24) is 10.2 Å². The van der Waals surface area contributed by atoms with Gasteiger partial charge in [0.15, 0.2) is 0 Å². The molecule has 82 valence electrons. The summed E-state index contributed by atoms with van der Waals surface area (Å²) in [5.74, 6) is 1.66. The molecule has 4 atom stereocenters. The van der Waals surface area contributed by atoms with Crippen molar-refractivity contribution >= 4 is 0 Å². The van der Waals surface area contributed by atoms with Crippen LogP contribution in [-0.4, -0.2) is 48.3 Å². The Morgan fingerprint density at radius 2 is 2.29 bits per heavy atom. The maximum absolute atomic E-state index is 9.43. The van der Waals surface area contributed by atoms with Gasteiger partial charge in [-0.25, -0.2) is 0 Å². The number of aliphatic hydroxyl groups excluding tert-OH is 1. The van der Waals surface area contributed by atoms with Crippen molar-refractivity contribution in [3.8, 4) is 0 Å². The molecular weight excluding hydrogens is 176 g/mol. The third-order valence-electron chi connectivity index (χ3n) is 3.74. The zero-order chi connectivity index (χ0) is 10.1. The fourth-order valence-corrected chi connectivity index (χ4v) is 3.22. The molecule has 0 aromatic carbocycles. The van der Waals surface area contributed by atoms with Crippen LogP contribution in [0.2, 0.25) is 0 Å². The lowest BCUT2D eigenvalue weighted by Crippen LogP contribution is -2.39. The molecule has 0 saturated carbocycles. The molecule has 2 aliphatic rings. The SMILES string of the molecule is CCC1C2CNCC2CN1CC(C)O. The van der Waals surface area contributed by atoms with Gasteiger partial charge in [0.2, 0.25) is 0 Å². The van der Waals surface area contributed by atoms with E-state index in [2.05, 4.69) is 17.1 Å². The number of aliphatic hydroxyl groups is 1. The minimum atomic E-state index is -0.184. The fourth-order valence-electron chi connectivity index (χ4n) is 3.22. The van der Waals surface area contributed by atoms with Crippen LogP contribution >= 0.6 is 0 Å². The summed E-state index contributed by atoms with van der Waals surface area (Å²) in [6, 6.07) is 0.699. The number of nitrogens with zero attached hydrogens (tertiary/aromatic N) is 1. The topological polar surface area (TPSA) is 35.5 Å². The first-order valence-corrected chi connectivity index (χ1v) is 5.85. The zero-order valence-electron chi connectivity index (χ0n) is 9.24. The van der Waals surface area contributed by atoms with Crippen molar-refractivity contribution in [2.75, 3.05) is 26.2 Å². The van der Waals surface area contributed by atoms with Gasteiger partial charge in [0.1, 0.15) is 0 Å². The van der Waals surface area contributed by atoms with Crippen molar-refractivity contribution in [2.45, 2.75) is 32.4 Å². The number of hydrogen-bond acceptors (Lipinski definition) is 3. The zero-order valence-corrected chi connectivity index (χ0v) is 9.24. The predicted octanol–water partition coefficient (Wildman–Crippen LogP) is 0.297. The molecule has 0 aromatic heterocycles. The molecule has 3 nitrogen and oxygen atoms in total. The Morgan fingerprint density at radius 3 is 2.93 bits per heavy atom. The predicted molar refractivity (Wildman–Crippen MR) is 57.2 cm³/mol. The molecule has 2 rings (SSSR count). The van der Waals surface area contributed by atoms with Crippen LogP contribution in [0.3, 0.4) is 0 Å². The van der Waals surface area contributed by atoms with Crippen molar-refractivity contribution in [3.63, 3.8) is 0 Å². The third-order valence-corrected chi connectivity index (χ3v) is 3.74. The van der Waals surface area contributed by atoms with Crippen LogP contribution in [0.1, 0.15) is 20.3 Å². The van der Waals surface area contributed by atoms with Crippen LogP contribution < -0.4 is 5.32 Å². The normalized spacial score (nSPS) is 40.1. The first-order chi connectivity index (χ1) is 6.72. The molecule has 2 aliphatic heterocycles. The van der Waals surface area contributed by atoms with E-state index in [1.54, 1.807) is 0 Å². The standard InChI is InChI=1S/C11H22N2O/c1-3-11-10-5-12-4-9(10)7-13(11)6-8(2)14/h8-12,14H,3-7H2,1-2H3. The molecular formula is C11H22N2O. The lowest BCUT2D eigenvalue weighted by atomic mass is 9.93. The summed E-state index contributed by atoms with van der Waals surface area (Å²) < 4.78 is 0. The van der Waals surface area contributed by atoms with Gasteiger partial charge in [0.25, 0.3) is 0 Å². The first-order valence-electron chi connectivity index (χ1n) is 5.85. The quantitative estimate of drug-likeness (QED) is 0.684. The highest BCUT2D eigenvalue weighted by molar-refractivity contribution is 4.98. The Balaban J connectivity index is 1.98. The van der Waals surface area contributed by atoms with Gasteiger partial charge in [-0.15, -0.1) is 0 Å². The Bertz CT molecular complexity index is 196. The molecule has 0 amide bonds. The fraction of sp³-hybridized carbons (Fsp3) is 1.00.